The summed E-state index contributed by atoms with van der Waals surface area (Å²) in [6, 6.07) is 9.24. The number of benzene rings is 1. The van der Waals surface area contributed by atoms with Gasteiger partial charge in [-0.2, -0.15) is 4.31 Å². The lowest BCUT2D eigenvalue weighted by molar-refractivity contribution is 0.0874. The van der Waals surface area contributed by atoms with Crippen LogP contribution in [0.3, 0.4) is 0 Å². The second kappa shape index (κ2) is 7.53. The summed E-state index contributed by atoms with van der Waals surface area (Å²) in [6.07, 6.45) is 1.45. The molecule has 3 rings (SSSR count). The molecule has 0 N–H and O–H groups in total. The van der Waals surface area contributed by atoms with E-state index < -0.39 is 10.0 Å². The van der Waals surface area contributed by atoms with Gasteiger partial charge in [0, 0.05) is 31.7 Å². The number of hydrogen-bond donors (Lipinski definition) is 0. The largest absolute Gasteiger partial charge is 0.461 e. The van der Waals surface area contributed by atoms with Gasteiger partial charge in [0.05, 0.1) is 17.7 Å². The van der Waals surface area contributed by atoms with Gasteiger partial charge in [-0.1, -0.05) is 12.1 Å². The van der Waals surface area contributed by atoms with Crippen LogP contribution in [-0.4, -0.2) is 61.9 Å². The van der Waals surface area contributed by atoms with E-state index in [1.807, 2.05) is 4.90 Å². The van der Waals surface area contributed by atoms with Crippen molar-refractivity contribution in [2.75, 3.05) is 32.7 Å². The van der Waals surface area contributed by atoms with Crippen molar-refractivity contribution in [3.63, 3.8) is 0 Å². The first-order chi connectivity index (χ1) is 12.4. The smallest absolute Gasteiger partial charge is 0.243 e. The number of furan rings is 1. The minimum absolute atomic E-state index is 0.108. The average molecular weight is 376 g/mol. The third-order valence-corrected chi connectivity index (χ3v) is 6.31. The summed E-state index contributed by atoms with van der Waals surface area (Å²) < 4.78 is 31.9. The SMILES string of the molecule is CC(=O)c1ccc(S(=O)(=O)N2CCN(CC(=O)c3ccco3)CC2)cc1. The van der Waals surface area contributed by atoms with Gasteiger partial charge < -0.3 is 4.42 Å². The van der Waals surface area contributed by atoms with E-state index in [1.54, 1.807) is 12.1 Å². The van der Waals surface area contributed by atoms with E-state index in [0.717, 1.165) is 0 Å². The number of piperazine rings is 1. The van der Waals surface area contributed by atoms with Gasteiger partial charge in [0.15, 0.2) is 11.5 Å². The molecule has 7 nitrogen and oxygen atoms in total. The van der Waals surface area contributed by atoms with Crippen LogP contribution in [0.25, 0.3) is 0 Å². The molecule has 0 unspecified atom stereocenters. The molecule has 0 amide bonds. The van der Waals surface area contributed by atoms with Crippen molar-refractivity contribution in [2.45, 2.75) is 11.8 Å². The average Bonchev–Trinajstić information content (AvgIpc) is 3.17. The van der Waals surface area contributed by atoms with E-state index in [-0.39, 0.29) is 23.0 Å². The molecule has 0 aliphatic carbocycles. The number of sulfonamides is 1. The summed E-state index contributed by atoms with van der Waals surface area (Å²) in [5.41, 5.74) is 0.477. The van der Waals surface area contributed by atoms with Crippen LogP contribution in [0, 0.1) is 0 Å². The van der Waals surface area contributed by atoms with Crippen molar-refractivity contribution in [1.82, 2.24) is 9.21 Å². The number of Topliss-reactive ketones (excluding diaryl/α,β-unsaturated/α-hetero) is 2. The molecule has 0 spiro atoms. The van der Waals surface area contributed by atoms with Crippen molar-refractivity contribution in [3.8, 4) is 0 Å². The maximum absolute atomic E-state index is 12.7. The predicted octanol–water partition coefficient (Wildman–Crippen LogP) is 1.67. The van der Waals surface area contributed by atoms with Gasteiger partial charge in [0.2, 0.25) is 15.8 Å². The third kappa shape index (κ3) is 3.92. The van der Waals surface area contributed by atoms with E-state index >= 15 is 0 Å². The maximum Gasteiger partial charge on any atom is 0.243 e. The zero-order valence-electron chi connectivity index (χ0n) is 14.4. The number of hydrogen-bond acceptors (Lipinski definition) is 6. The van der Waals surface area contributed by atoms with Gasteiger partial charge in [0.1, 0.15) is 0 Å². The lowest BCUT2D eigenvalue weighted by Crippen LogP contribution is -2.49. The molecule has 0 atom stereocenters. The summed E-state index contributed by atoms with van der Waals surface area (Å²) in [7, 11) is -3.61. The summed E-state index contributed by atoms with van der Waals surface area (Å²) in [5, 5.41) is 0. The predicted molar refractivity (Wildman–Crippen MR) is 94.7 cm³/mol. The molecule has 0 bridgehead atoms. The van der Waals surface area contributed by atoms with E-state index in [9.17, 15) is 18.0 Å². The standard InChI is InChI=1S/C18H20N2O5S/c1-14(21)15-4-6-16(7-5-15)26(23,24)20-10-8-19(9-11-20)13-17(22)18-3-2-12-25-18/h2-7,12H,8-11,13H2,1H3. The van der Waals surface area contributed by atoms with Crippen molar-refractivity contribution >= 4 is 21.6 Å². The number of rotatable bonds is 6. The first-order valence-electron chi connectivity index (χ1n) is 8.28. The fraction of sp³-hybridized carbons (Fsp3) is 0.333. The maximum atomic E-state index is 12.7. The van der Waals surface area contributed by atoms with Gasteiger partial charge in [0.25, 0.3) is 0 Å². The Hall–Kier alpha value is -2.29. The number of nitrogens with zero attached hydrogens (tertiary/aromatic N) is 2. The molecule has 1 saturated heterocycles. The lowest BCUT2D eigenvalue weighted by atomic mass is 10.2. The van der Waals surface area contributed by atoms with Crippen molar-refractivity contribution < 1.29 is 22.4 Å². The summed E-state index contributed by atoms with van der Waals surface area (Å²) in [4.78, 5) is 25.5. The Balaban J connectivity index is 1.61. The number of ketones is 2. The molecular weight excluding hydrogens is 356 g/mol. The molecule has 0 radical (unpaired) electrons. The van der Waals surface area contributed by atoms with E-state index in [4.69, 9.17) is 4.42 Å². The molecule has 138 valence electrons. The topological polar surface area (TPSA) is 87.9 Å². The summed E-state index contributed by atoms with van der Waals surface area (Å²) in [6.45, 7) is 3.19. The Kier molecular flexibility index (Phi) is 5.36. The minimum atomic E-state index is -3.61. The summed E-state index contributed by atoms with van der Waals surface area (Å²) in [5.74, 6) is 0.0838. The zero-order chi connectivity index (χ0) is 18.7. The fourth-order valence-corrected chi connectivity index (χ4v) is 4.28. The van der Waals surface area contributed by atoms with Crippen molar-refractivity contribution in [2.24, 2.45) is 0 Å². The quantitative estimate of drug-likeness (QED) is 0.713. The second-order valence-electron chi connectivity index (χ2n) is 6.16. The minimum Gasteiger partial charge on any atom is -0.461 e. The Morgan fingerprint density at radius 1 is 1.04 bits per heavy atom. The molecule has 1 aromatic carbocycles. The molecule has 1 aromatic heterocycles. The Labute approximate surface area is 152 Å². The number of carbonyl (C=O) groups excluding carboxylic acids is 2. The van der Waals surface area contributed by atoms with Crippen molar-refractivity contribution in [3.05, 3.63) is 54.0 Å². The highest BCUT2D eigenvalue weighted by Gasteiger charge is 2.29. The first-order valence-corrected chi connectivity index (χ1v) is 9.72. The molecule has 1 fully saturated rings. The normalized spacial score (nSPS) is 16.5. The van der Waals surface area contributed by atoms with Gasteiger partial charge >= 0.3 is 0 Å². The van der Waals surface area contributed by atoms with Crippen LogP contribution in [0.5, 0.6) is 0 Å². The molecule has 2 aromatic rings. The Morgan fingerprint density at radius 2 is 1.69 bits per heavy atom. The number of carbonyl (C=O) groups is 2. The third-order valence-electron chi connectivity index (χ3n) is 4.39. The Morgan fingerprint density at radius 3 is 2.23 bits per heavy atom. The molecule has 8 heteroatoms. The van der Waals surface area contributed by atoms with E-state index in [2.05, 4.69) is 0 Å². The highest BCUT2D eigenvalue weighted by atomic mass is 32.2. The van der Waals surface area contributed by atoms with Gasteiger partial charge in [-0.3, -0.25) is 14.5 Å². The molecule has 2 heterocycles. The second-order valence-corrected chi connectivity index (χ2v) is 8.10. The molecule has 26 heavy (non-hydrogen) atoms. The fourth-order valence-electron chi connectivity index (χ4n) is 2.86. The molecule has 1 aliphatic heterocycles. The molecular formula is C18H20N2O5S. The lowest BCUT2D eigenvalue weighted by Gasteiger charge is -2.33. The van der Waals surface area contributed by atoms with Crippen LogP contribution >= 0.6 is 0 Å². The van der Waals surface area contributed by atoms with E-state index in [1.165, 1.54) is 41.8 Å². The highest BCUT2D eigenvalue weighted by molar-refractivity contribution is 7.89. The van der Waals surface area contributed by atoms with Crippen LogP contribution in [0.1, 0.15) is 27.8 Å². The zero-order valence-corrected chi connectivity index (χ0v) is 15.2. The monoisotopic (exact) mass is 376 g/mol. The van der Waals surface area contributed by atoms with Crippen LogP contribution < -0.4 is 0 Å². The van der Waals surface area contributed by atoms with Gasteiger partial charge in [-0.05, 0) is 31.2 Å². The highest BCUT2D eigenvalue weighted by Crippen LogP contribution is 2.18. The van der Waals surface area contributed by atoms with Crippen LogP contribution in [-0.2, 0) is 10.0 Å². The van der Waals surface area contributed by atoms with Crippen LogP contribution in [0.4, 0.5) is 0 Å². The summed E-state index contributed by atoms with van der Waals surface area (Å²) >= 11 is 0. The van der Waals surface area contributed by atoms with Crippen LogP contribution in [0.15, 0.2) is 52.0 Å². The first kappa shape index (κ1) is 18.5. The van der Waals surface area contributed by atoms with Gasteiger partial charge in [-0.25, -0.2) is 8.42 Å². The van der Waals surface area contributed by atoms with Crippen molar-refractivity contribution in [1.29, 1.82) is 0 Å². The Bertz CT molecular complexity index is 880. The molecule has 0 saturated carbocycles. The van der Waals surface area contributed by atoms with Gasteiger partial charge in [-0.15, -0.1) is 0 Å². The van der Waals surface area contributed by atoms with Crippen LogP contribution in [0.2, 0.25) is 0 Å². The van der Waals surface area contributed by atoms with E-state index in [0.29, 0.717) is 37.5 Å². The molecule has 1 aliphatic rings.